The zero-order valence-corrected chi connectivity index (χ0v) is 13.6. The van der Waals surface area contributed by atoms with Gasteiger partial charge in [0.15, 0.2) is 0 Å². The first-order valence-electron chi connectivity index (χ1n) is 7.68. The van der Waals surface area contributed by atoms with Crippen LogP contribution in [0.4, 0.5) is 11.4 Å². The number of nitrogens with one attached hydrogen (secondary N) is 1. The van der Waals surface area contributed by atoms with E-state index < -0.39 is 0 Å². The minimum atomic E-state index is 0.739. The Balaban J connectivity index is 1.67. The van der Waals surface area contributed by atoms with E-state index in [0.717, 1.165) is 30.0 Å². The molecule has 1 N–H and O–H groups in total. The fraction of sp³-hybridized carbons (Fsp3) is 0.333. The first-order chi connectivity index (χ1) is 10.3. The minimum absolute atomic E-state index is 0.739. The topological polar surface area (TPSA) is 15.3 Å². The highest BCUT2D eigenvalue weighted by Gasteiger charge is 2.24. The maximum absolute atomic E-state index is 3.64. The zero-order valence-electron chi connectivity index (χ0n) is 12.0. The highest BCUT2D eigenvalue weighted by atomic mass is 79.9. The maximum Gasteiger partial charge on any atom is 0.0457 e. The van der Waals surface area contributed by atoms with E-state index in [4.69, 9.17) is 0 Å². The number of hydrogen-bond acceptors (Lipinski definition) is 2. The quantitative estimate of drug-likeness (QED) is 0.885. The first-order valence-corrected chi connectivity index (χ1v) is 8.48. The zero-order chi connectivity index (χ0) is 14.2. The highest BCUT2D eigenvalue weighted by molar-refractivity contribution is 9.10. The Bertz CT molecular complexity index is 664. The van der Waals surface area contributed by atoms with Gasteiger partial charge in [-0.25, -0.2) is 0 Å². The summed E-state index contributed by atoms with van der Waals surface area (Å²) in [6, 6.07) is 16.2. The number of benzene rings is 2. The Kier molecular flexibility index (Phi) is 3.48. The third-order valence-electron chi connectivity index (χ3n) is 4.38. The molecule has 0 aromatic heterocycles. The van der Waals surface area contributed by atoms with Crippen molar-refractivity contribution < 1.29 is 0 Å². The monoisotopic (exact) mass is 342 g/mol. The van der Waals surface area contributed by atoms with Gasteiger partial charge in [-0.05, 0) is 54.7 Å². The molecule has 0 bridgehead atoms. The van der Waals surface area contributed by atoms with E-state index in [0.29, 0.717) is 0 Å². The van der Waals surface area contributed by atoms with Gasteiger partial charge in [0.05, 0.1) is 0 Å². The lowest BCUT2D eigenvalue weighted by Crippen LogP contribution is -2.20. The molecular formula is C18H19BrN2. The summed E-state index contributed by atoms with van der Waals surface area (Å²) in [6.45, 7) is 2.04. The van der Waals surface area contributed by atoms with Crippen LogP contribution in [0.25, 0.3) is 0 Å². The first kappa shape index (κ1) is 13.4. The van der Waals surface area contributed by atoms with Gasteiger partial charge in [0.2, 0.25) is 0 Å². The highest BCUT2D eigenvalue weighted by Crippen LogP contribution is 2.37. The fourth-order valence-electron chi connectivity index (χ4n) is 3.09. The molecule has 0 atom stereocenters. The van der Waals surface area contributed by atoms with E-state index in [1.54, 1.807) is 0 Å². The van der Waals surface area contributed by atoms with Crippen molar-refractivity contribution in [3.05, 3.63) is 58.1 Å². The Labute approximate surface area is 134 Å². The lowest BCUT2D eigenvalue weighted by Gasteiger charge is -2.23. The predicted octanol–water partition coefficient (Wildman–Crippen LogP) is 4.40. The molecule has 2 aromatic rings. The van der Waals surface area contributed by atoms with Gasteiger partial charge < -0.3 is 10.2 Å². The number of hydrogen-bond donors (Lipinski definition) is 1. The van der Waals surface area contributed by atoms with Crippen molar-refractivity contribution in [2.45, 2.75) is 31.8 Å². The molecule has 4 rings (SSSR count). The van der Waals surface area contributed by atoms with Crippen molar-refractivity contribution in [1.29, 1.82) is 0 Å². The normalized spacial score (nSPS) is 17.1. The molecule has 1 fully saturated rings. The molecular weight excluding hydrogens is 324 g/mol. The molecule has 1 aliphatic heterocycles. The minimum Gasteiger partial charge on any atom is -0.341 e. The van der Waals surface area contributed by atoms with Gasteiger partial charge in [-0.1, -0.05) is 34.1 Å². The summed E-state index contributed by atoms with van der Waals surface area (Å²) >= 11 is 3.61. The number of fused-ring (bicyclic) bond motifs is 1. The van der Waals surface area contributed by atoms with Gasteiger partial charge in [-0.3, -0.25) is 0 Å². The van der Waals surface area contributed by atoms with Crippen LogP contribution in [-0.4, -0.2) is 12.6 Å². The molecule has 0 saturated heterocycles. The number of para-hydroxylation sites is 1. The summed E-state index contributed by atoms with van der Waals surface area (Å²) in [5.74, 6) is 0. The van der Waals surface area contributed by atoms with Crippen LogP contribution in [-0.2, 0) is 13.0 Å². The van der Waals surface area contributed by atoms with E-state index in [-0.39, 0.29) is 0 Å². The third kappa shape index (κ3) is 2.72. The lowest BCUT2D eigenvalue weighted by atomic mass is 10.1. The molecule has 2 aromatic carbocycles. The predicted molar refractivity (Wildman–Crippen MR) is 91.2 cm³/mol. The van der Waals surface area contributed by atoms with Crippen LogP contribution in [0, 0.1) is 0 Å². The van der Waals surface area contributed by atoms with E-state index in [1.807, 2.05) is 0 Å². The summed E-state index contributed by atoms with van der Waals surface area (Å²) in [5.41, 5.74) is 5.55. The van der Waals surface area contributed by atoms with Crippen LogP contribution in [0.1, 0.15) is 24.0 Å². The fourth-order valence-corrected chi connectivity index (χ4v) is 3.50. The van der Waals surface area contributed by atoms with Crippen molar-refractivity contribution in [2.75, 3.05) is 11.4 Å². The second kappa shape index (κ2) is 5.47. The second-order valence-electron chi connectivity index (χ2n) is 5.96. The van der Waals surface area contributed by atoms with Crippen molar-refractivity contribution in [2.24, 2.45) is 0 Å². The standard InChI is InChI=1S/C18H19BrN2/c19-15-5-8-18(14(11-15)12-20-16-6-7-16)21-10-9-13-3-1-2-4-17(13)21/h1-5,8,11,16,20H,6-7,9-10,12H2. The molecule has 0 spiro atoms. The average Bonchev–Trinajstić information content (AvgIpc) is 3.24. The van der Waals surface area contributed by atoms with E-state index >= 15 is 0 Å². The lowest BCUT2D eigenvalue weighted by molar-refractivity contribution is 0.687. The SMILES string of the molecule is Brc1ccc(N2CCc3ccccc32)c(CNC2CC2)c1. The molecule has 1 aliphatic carbocycles. The summed E-state index contributed by atoms with van der Waals surface area (Å²) in [6.07, 6.45) is 3.80. The van der Waals surface area contributed by atoms with Crippen LogP contribution in [0.3, 0.4) is 0 Å². The average molecular weight is 343 g/mol. The van der Waals surface area contributed by atoms with Crippen molar-refractivity contribution in [1.82, 2.24) is 5.32 Å². The van der Waals surface area contributed by atoms with Gasteiger partial charge in [-0.2, -0.15) is 0 Å². The summed E-state index contributed by atoms with van der Waals surface area (Å²) in [7, 11) is 0. The van der Waals surface area contributed by atoms with Gasteiger partial charge in [-0.15, -0.1) is 0 Å². The second-order valence-corrected chi connectivity index (χ2v) is 6.87. The van der Waals surface area contributed by atoms with Gasteiger partial charge >= 0.3 is 0 Å². The van der Waals surface area contributed by atoms with Crippen LogP contribution < -0.4 is 10.2 Å². The number of nitrogens with zero attached hydrogens (tertiary/aromatic N) is 1. The van der Waals surface area contributed by atoms with Crippen LogP contribution >= 0.6 is 15.9 Å². The van der Waals surface area contributed by atoms with Crippen LogP contribution in [0.5, 0.6) is 0 Å². The molecule has 2 nitrogen and oxygen atoms in total. The molecule has 1 saturated carbocycles. The van der Waals surface area contributed by atoms with Crippen molar-refractivity contribution in [3.8, 4) is 0 Å². The molecule has 2 aliphatic rings. The molecule has 0 unspecified atom stereocenters. The smallest absolute Gasteiger partial charge is 0.0457 e. The molecule has 21 heavy (non-hydrogen) atoms. The number of anilines is 2. The van der Waals surface area contributed by atoms with Gasteiger partial charge in [0.1, 0.15) is 0 Å². The summed E-state index contributed by atoms with van der Waals surface area (Å²) < 4.78 is 1.16. The number of halogens is 1. The molecule has 108 valence electrons. The Morgan fingerprint density at radius 2 is 1.95 bits per heavy atom. The molecule has 3 heteroatoms. The van der Waals surface area contributed by atoms with Crippen LogP contribution in [0.2, 0.25) is 0 Å². The Hall–Kier alpha value is -1.32. The van der Waals surface area contributed by atoms with Crippen molar-refractivity contribution in [3.63, 3.8) is 0 Å². The van der Waals surface area contributed by atoms with Gasteiger partial charge in [0.25, 0.3) is 0 Å². The third-order valence-corrected chi connectivity index (χ3v) is 4.87. The number of rotatable bonds is 4. The Morgan fingerprint density at radius 3 is 2.81 bits per heavy atom. The maximum atomic E-state index is 3.64. The van der Waals surface area contributed by atoms with Crippen molar-refractivity contribution >= 4 is 27.3 Å². The molecule has 0 radical (unpaired) electrons. The largest absolute Gasteiger partial charge is 0.341 e. The summed E-state index contributed by atoms with van der Waals surface area (Å²) in [5, 5.41) is 3.64. The summed E-state index contributed by atoms with van der Waals surface area (Å²) in [4.78, 5) is 2.46. The van der Waals surface area contributed by atoms with Crippen LogP contribution in [0.15, 0.2) is 46.9 Å². The van der Waals surface area contributed by atoms with E-state index in [2.05, 4.69) is 68.6 Å². The van der Waals surface area contributed by atoms with E-state index in [1.165, 1.54) is 35.3 Å². The molecule has 0 amide bonds. The van der Waals surface area contributed by atoms with E-state index in [9.17, 15) is 0 Å². The van der Waals surface area contributed by atoms with Gasteiger partial charge in [0, 0.05) is 35.0 Å². The molecule has 1 heterocycles. The Morgan fingerprint density at radius 1 is 1.10 bits per heavy atom.